The Bertz CT molecular complexity index is 208. The minimum atomic E-state index is -0.680. The van der Waals surface area contributed by atoms with E-state index >= 15 is 0 Å². The lowest BCUT2D eigenvalue weighted by Crippen LogP contribution is -2.32. The molecule has 2 aliphatic heterocycles. The molecule has 0 spiro atoms. The fourth-order valence-electron chi connectivity index (χ4n) is 1.62. The lowest BCUT2D eigenvalue weighted by molar-refractivity contribution is -0.145. The largest absolute Gasteiger partial charge is 0.457 e. The second-order valence-electron chi connectivity index (χ2n) is 3.02. The molecular weight excluding hydrogens is 228 g/mol. The minimum absolute atomic E-state index is 0.241. The van der Waals surface area contributed by atoms with Gasteiger partial charge in [0.25, 0.3) is 0 Å². The van der Waals surface area contributed by atoms with E-state index in [1.165, 1.54) is 0 Å². The van der Waals surface area contributed by atoms with E-state index in [0.29, 0.717) is 5.33 Å². The number of aliphatic hydroxyl groups excluding tert-OH is 1. The van der Waals surface area contributed by atoms with Crippen molar-refractivity contribution in [1.29, 1.82) is 0 Å². The maximum Gasteiger partial charge on any atom is 0.309 e. The van der Waals surface area contributed by atoms with Crippen LogP contribution in [-0.4, -0.2) is 40.8 Å². The van der Waals surface area contributed by atoms with E-state index in [-0.39, 0.29) is 24.6 Å². The lowest BCUT2D eigenvalue weighted by Gasteiger charge is -2.13. The van der Waals surface area contributed by atoms with Crippen molar-refractivity contribution in [1.82, 2.24) is 0 Å². The highest BCUT2D eigenvalue weighted by atomic mass is 79.9. The average molecular weight is 237 g/mol. The van der Waals surface area contributed by atoms with Gasteiger partial charge in [0.2, 0.25) is 0 Å². The van der Waals surface area contributed by atoms with Gasteiger partial charge in [-0.25, -0.2) is 0 Å². The van der Waals surface area contributed by atoms with E-state index in [9.17, 15) is 9.90 Å². The summed E-state index contributed by atoms with van der Waals surface area (Å²) < 4.78 is 10.3. The fourth-order valence-corrected chi connectivity index (χ4v) is 2.15. The van der Waals surface area contributed by atoms with Crippen molar-refractivity contribution >= 4 is 21.9 Å². The van der Waals surface area contributed by atoms with Crippen LogP contribution < -0.4 is 0 Å². The summed E-state index contributed by atoms with van der Waals surface area (Å²) in [5, 5.41) is 10.1. The molecule has 2 rings (SSSR count). The quantitative estimate of drug-likeness (QED) is 0.508. The summed E-state index contributed by atoms with van der Waals surface area (Å²) in [5.74, 6) is -0.280. The number of aliphatic hydroxyl groups is 1. The van der Waals surface area contributed by atoms with Crippen molar-refractivity contribution in [2.45, 2.75) is 30.8 Å². The predicted octanol–water partition coefficient (Wildman–Crippen LogP) is -0.175. The van der Waals surface area contributed by atoms with Crippen LogP contribution >= 0.6 is 15.9 Å². The van der Waals surface area contributed by atoms with Gasteiger partial charge in [-0.1, -0.05) is 15.9 Å². The normalized spacial score (nSPS) is 46.0. The van der Waals surface area contributed by atoms with Crippen LogP contribution in [0.25, 0.3) is 0 Å². The Morgan fingerprint density at radius 3 is 3.00 bits per heavy atom. The minimum Gasteiger partial charge on any atom is -0.457 e. The van der Waals surface area contributed by atoms with E-state index in [1.807, 2.05) is 0 Å². The van der Waals surface area contributed by atoms with Gasteiger partial charge in [0.1, 0.15) is 12.2 Å². The average Bonchev–Trinajstić information content (AvgIpc) is 2.51. The van der Waals surface area contributed by atoms with E-state index < -0.39 is 12.2 Å². The fraction of sp³-hybridized carbons (Fsp3) is 0.857. The molecule has 5 heteroatoms. The van der Waals surface area contributed by atoms with Crippen LogP contribution in [0, 0.1) is 0 Å². The Balaban J connectivity index is 2.08. The molecule has 1 N–H and O–H groups in total. The van der Waals surface area contributed by atoms with Crippen molar-refractivity contribution < 1.29 is 19.4 Å². The van der Waals surface area contributed by atoms with Gasteiger partial charge in [0.15, 0.2) is 6.10 Å². The molecule has 2 aliphatic rings. The summed E-state index contributed by atoms with van der Waals surface area (Å²) in [4.78, 5) is 10.8. The Labute approximate surface area is 78.0 Å². The number of hydrogen-bond acceptors (Lipinski definition) is 4. The van der Waals surface area contributed by atoms with Crippen molar-refractivity contribution in [3.05, 3.63) is 0 Å². The van der Waals surface area contributed by atoms with E-state index in [4.69, 9.17) is 9.47 Å². The molecule has 0 aliphatic carbocycles. The smallest absolute Gasteiger partial charge is 0.309 e. The zero-order valence-corrected chi connectivity index (χ0v) is 7.86. The van der Waals surface area contributed by atoms with Gasteiger partial charge < -0.3 is 14.6 Å². The van der Waals surface area contributed by atoms with Gasteiger partial charge >= 0.3 is 5.97 Å². The first-order valence-electron chi connectivity index (χ1n) is 3.81. The maximum absolute atomic E-state index is 10.8. The summed E-state index contributed by atoms with van der Waals surface area (Å²) in [6.45, 7) is 0. The second kappa shape index (κ2) is 2.97. The summed E-state index contributed by atoms with van der Waals surface area (Å²) in [5.41, 5.74) is 0. The third-order valence-corrected chi connectivity index (χ3v) is 2.86. The zero-order chi connectivity index (χ0) is 8.72. The van der Waals surface area contributed by atoms with E-state index in [1.54, 1.807) is 0 Å². The van der Waals surface area contributed by atoms with E-state index in [2.05, 4.69) is 15.9 Å². The van der Waals surface area contributed by atoms with Crippen molar-refractivity contribution in [3.63, 3.8) is 0 Å². The van der Waals surface area contributed by atoms with Crippen LogP contribution in [0.4, 0.5) is 0 Å². The van der Waals surface area contributed by atoms with Gasteiger partial charge in [-0.3, -0.25) is 4.79 Å². The topological polar surface area (TPSA) is 55.8 Å². The zero-order valence-electron chi connectivity index (χ0n) is 6.27. The highest BCUT2D eigenvalue weighted by Crippen LogP contribution is 2.32. The molecule has 0 aromatic rings. The van der Waals surface area contributed by atoms with Crippen LogP contribution in [0.2, 0.25) is 0 Å². The monoisotopic (exact) mass is 236 g/mol. The van der Waals surface area contributed by atoms with Crippen LogP contribution in [0.15, 0.2) is 0 Å². The third kappa shape index (κ3) is 1.16. The van der Waals surface area contributed by atoms with Crippen molar-refractivity contribution in [3.8, 4) is 0 Å². The number of halogens is 1. The second-order valence-corrected chi connectivity index (χ2v) is 3.66. The van der Waals surface area contributed by atoms with Crippen molar-refractivity contribution in [2.24, 2.45) is 0 Å². The van der Waals surface area contributed by atoms with Crippen molar-refractivity contribution in [2.75, 3.05) is 5.33 Å². The molecule has 0 amide bonds. The number of hydrogen-bond donors (Lipinski definition) is 1. The van der Waals surface area contributed by atoms with Crippen LogP contribution in [0.5, 0.6) is 0 Å². The molecule has 0 aromatic carbocycles. The number of carbonyl (C=O) groups is 1. The number of fused-ring (bicyclic) bond motifs is 1. The number of alkyl halides is 1. The molecule has 0 aromatic heterocycles. The molecule has 0 radical (unpaired) electrons. The summed E-state index contributed by atoms with van der Waals surface area (Å²) in [7, 11) is 0. The number of ether oxygens (including phenoxy) is 2. The summed E-state index contributed by atoms with van der Waals surface area (Å²) in [6, 6.07) is 0. The molecule has 4 nitrogen and oxygen atoms in total. The van der Waals surface area contributed by atoms with Gasteiger partial charge in [-0.2, -0.15) is 0 Å². The third-order valence-electron chi connectivity index (χ3n) is 2.22. The Hall–Kier alpha value is -0.130. The van der Waals surface area contributed by atoms with Gasteiger partial charge in [0.05, 0.1) is 12.5 Å². The summed E-state index contributed by atoms with van der Waals surface area (Å²) in [6.07, 6.45) is -1.34. The molecule has 2 fully saturated rings. The molecular formula is C7H9BrO4. The maximum atomic E-state index is 10.8. The van der Waals surface area contributed by atoms with Crippen LogP contribution in [0.1, 0.15) is 6.42 Å². The molecule has 0 unspecified atom stereocenters. The number of rotatable bonds is 1. The van der Waals surface area contributed by atoms with E-state index in [0.717, 1.165) is 0 Å². The van der Waals surface area contributed by atoms with Crippen LogP contribution in [0.3, 0.4) is 0 Å². The molecule has 2 saturated heterocycles. The first-order chi connectivity index (χ1) is 5.72. The molecule has 0 saturated carbocycles. The highest BCUT2D eigenvalue weighted by molar-refractivity contribution is 9.09. The Morgan fingerprint density at radius 1 is 1.67 bits per heavy atom. The number of esters is 1. The molecule has 68 valence electrons. The first-order valence-corrected chi connectivity index (χ1v) is 4.93. The molecule has 4 atom stereocenters. The molecule has 0 bridgehead atoms. The Morgan fingerprint density at radius 2 is 2.42 bits per heavy atom. The van der Waals surface area contributed by atoms with Gasteiger partial charge in [0, 0.05) is 5.33 Å². The van der Waals surface area contributed by atoms with Gasteiger partial charge in [-0.15, -0.1) is 0 Å². The predicted molar refractivity (Wildman–Crippen MR) is 43.0 cm³/mol. The first kappa shape index (κ1) is 8.47. The van der Waals surface area contributed by atoms with Crippen LogP contribution in [-0.2, 0) is 14.3 Å². The molecule has 12 heavy (non-hydrogen) atoms. The lowest BCUT2D eigenvalue weighted by atomic mass is 10.1. The highest BCUT2D eigenvalue weighted by Gasteiger charge is 2.50. The SMILES string of the molecule is O=C1C[C@H]2O[C@H](CBr)[C@H](O)[C@H]2O1. The summed E-state index contributed by atoms with van der Waals surface area (Å²) >= 11 is 3.21. The van der Waals surface area contributed by atoms with Gasteiger partial charge in [-0.05, 0) is 0 Å². The standard InChI is InChI=1S/C7H9BrO4/c8-2-4-6(10)7-3(11-4)1-5(9)12-7/h3-4,6-7,10H,1-2H2/t3-,4-,6+,7+/m1/s1. The number of carbonyl (C=O) groups excluding carboxylic acids is 1. The Kier molecular flexibility index (Phi) is 2.10. The molecule has 2 heterocycles.